The number of phenolic OH excluding ortho intramolecular Hbond substituents is 1. The lowest BCUT2D eigenvalue weighted by Gasteiger charge is -2.27. The van der Waals surface area contributed by atoms with E-state index in [1.165, 1.54) is 17.1 Å². The second kappa shape index (κ2) is 10.9. The van der Waals surface area contributed by atoms with Crippen LogP contribution in [0, 0.1) is 0 Å². The Kier molecular flexibility index (Phi) is 8.06. The number of ether oxygens (including phenoxy) is 1. The van der Waals surface area contributed by atoms with Crippen molar-refractivity contribution in [3.8, 4) is 23.0 Å². The molecule has 3 aromatic rings. The molecule has 4 rings (SSSR count). The Morgan fingerprint density at radius 3 is 2.28 bits per heavy atom. The van der Waals surface area contributed by atoms with Crippen LogP contribution in [0.4, 0.5) is 0 Å². The molecular formula is C30H40N2O3S. The number of benzene rings is 2. The van der Waals surface area contributed by atoms with Gasteiger partial charge in [-0.2, -0.15) is 11.8 Å². The Morgan fingerprint density at radius 1 is 1.00 bits per heavy atom. The molecule has 1 saturated heterocycles. The van der Waals surface area contributed by atoms with Gasteiger partial charge in [0.05, 0.1) is 12.3 Å². The summed E-state index contributed by atoms with van der Waals surface area (Å²) in [4.78, 5) is 7.26. The Bertz CT molecular complexity index is 1130. The number of hydrogen-bond donors (Lipinski definition) is 1. The third kappa shape index (κ3) is 6.46. The normalized spacial score (nSPS) is 15.3. The monoisotopic (exact) mass is 508 g/mol. The first-order valence-corrected chi connectivity index (χ1v) is 14.0. The van der Waals surface area contributed by atoms with Crippen LogP contribution in [0.3, 0.4) is 0 Å². The van der Waals surface area contributed by atoms with E-state index < -0.39 is 0 Å². The summed E-state index contributed by atoms with van der Waals surface area (Å²) in [6.45, 7) is 16.4. The maximum Gasteiger partial charge on any atom is 0.226 e. The summed E-state index contributed by atoms with van der Waals surface area (Å²) in [6, 6.07) is 12.3. The van der Waals surface area contributed by atoms with Gasteiger partial charge in [-0.05, 0) is 29.0 Å². The Hall–Kier alpha value is -2.44. The van der Waals surface area contributed by atoms with Crippen molar-refractivity contribution in [2.24, 2.45) is 0 Å². The minimum Gasteiger partial charge on any atom is -0.507 e. The summed E-state index contributed by atoms with van der Waals surface area (Å²) >= 11 is 2.03. The average molecular weight is 509 g/mol. The molecule has 2 heterocycles. The van der Waals surface area contributed by atoms with Gasteiger partial charge in [-0.1, -0.05) is 59.7 Å². The van der Waals surface area contributed by atoms with Crippen molar-refractivity contribution >= 4 is 11.8 Å². The number of aromatic hydroxyl groups is 1. The van der Waals surface area contributed by atoms with Gasteiger partial charge in [0.15, 0.2) is 0 Å². The molecule has 0 saturated carbocycles. The van der Waals surface area contributed by atoms with Crippen molar-refractivity contribution in [1.29, 1.82) is 0 Å². The largest absolute Gasteiger partial charge is 0.507 e. The van der Waals surface area contributed by atoms with E-state index in [1.807, 2.05) is 30.0 Å². The van der Waals surface area contributed by atoms with E-state index >= 15 is 0 Å². The van der Waals surface area contributed by atoms with Crippen molar-refractivity contribution in [2.75, 3.05) is 31.2 Å². The van der Waals surface area contributed by atoms with Crippen LogP contribution in [0.1, 0.15) is 63.9 Å². The van der Waals surface area contributed by atoms with Gasteiger partial charge in [0.2, 0.25) is 5.89 Å². The molecule has 1 aromatic heterocycles. The molecule has 1 aliphatic rings. The minimum absolute atomic E-state index is 0.205. The van der Waals surface area contributed by atoms with Crippen molar-refractivity contribution in [1.82, 2.24) is 9.88 Å². The molecule has 1 N–H and O–H groups in total. The van der Waals surface area contributed by atoms with Gasteiger partial charge < -0.3 is 14.3 Å². The van der Waals surface area contributed by atoms with Gasteiger partial charge in [-0.25, -0.2) is 4.98 Å². The van der Waals surface area contributed by atoms with Gasteiger partial charge in [0.1, 0.15) is 17.8 Å². The zero-order chi connectivity index (χ0) is 25.9. The molecule has 2 aromatic carbocycles. The van der Waals surface area contributed by atoms with Crippen molar-refractivity contribution < 1.29 is 14.3 Å². The highest BCUT2D eigenvalue weighted by Crippen LogP contribution is 2.41. The fraction of sp³-hybridized carbons (Fsp3) is 0.500. The van der Waals surface area contributed by atoms with Crippen molar-refractivity contribution in [3.05, 3.63) is 65.0 Å². The fourth-order valence-corrected chi connectivity index (χ4v) is 5.48. The molecule has 0 amide bonds. The highest BCUT2D eigenvalue weighted by Gasteiger charge is 2.27. The summed E-state index contributed by atoms with van der Waals surface area (Å²) < 4.78 is 12.1. The molecule has 0 aliphatic carbocycles. The molecule has 194 valence electrons. The Balaban J connectivity index is 1.46. The second-order valence-corrected chi connectivity index (χ2v) is 12.9. The molecule has 0 spiro atoms. The summed E-state index contributed by atoms with van der Waals surface area (Å²) in [7, 11) is 0. The standard InChI is InChI=1S/C30H40N2O3S/c1-29(2,3)24-17-22(18-25(27(24)33)30(4,5)6)28-31-23(20-35-28)11-14-34-26-10-8-7-9-21(26)19-32-12-15-36-16-13-32/h7-10,17-18,20,33H,11-16,19H2,1-6H3. The fourth-order valence-electron chi connectivity index (χ4n) is 4.50. The second-order valence-electron chi connectivity index (χ2n) is 11.7. The third-order valence-corrected chi connectivity index (χ3v) is 7.55. The van der Waals surface area contributed by atoms with Crippen LogP contribution in [-0.2, 0) is 23.8 Å². The Morgan fingerprint density at radius 2 is 1.64 bits per heavy atom. The van der Waals surface area contributed by atoms with Crippen LogP contribution in [0.15, 0.2) is 47.1 Å². The maximum absolute atomic E-state index is 11.0. The van der Waals surface area contributed by atoms with Gasteiger partial charge in [0.25, 0.3) is 0 Å². The van der Waals surface area contributed by atoms with E-state index in [9.17, 15) is 5.11 Å². The molecule has 0 radical (unpaired) electrons. The molecule has 0 unspecified atom stereocenters. The van der Waals surface area contributed by atoms with Crippen molar-refractivity contribution in [2.45, 2.75) is 65.3 Å². The third-order valence-electron chi connectivity index (χ3n) is 6.61. The van der Waals surface area contributed by atoms with Gasteiger partial charge in [-0.3, -0.25) is 4.90 Å². The molecule has 36 heavy (non-hydrogen) atoms. The van der Waals surface area contributed by atoms with E-state index in [4.69, 9.17) is 14.1 Å². The lowest BCUT2D eigenvalue weighted by atomic mass is 9.78. The van der Waals surface area contributed by atoms with E-state index in [0.29, 0.717) is 24.7 Å². The van der Waals surface area contributed by atoms with Crippen molar-refractivity contribution in [3.63, 3.8) is 0 Å². The smallest absolute Gasteiger partial charge is 0.226 e. The van der Waals surface area contributed by atoms with E-state index in [-0.39, 0.29) is 10.8 Å². The maximum atomic E-state index is 11.0. The molecular weight excluding hydrogens is 468 g/mol. The highest BCUT2D eigenvalue weighted by molar-refractivity contribution is 7.99. The first-order valence-electron chi connectivity index (χ1n) is 12.9. The molecule has 1 fully saturated rings. The number of para-hydroxylation sites is 1. The van der Waals surface area contributed by atoms with Crippen LogP contribution in [0.2, 0.25) is 0 Å². The van der Waals surface area contributed by atoms with Gasteiger partial charge >= 0.3 is 0 Å². The summed E-state index contributed by atoms with van der Waals surface area (Å²) in [5, 5.41) is 11.0. The van der Waals surface area contributed by atoms with Crippen LogP contribution in [0.5, 0.6) is 11.5 Å². The van der Waals surface area contributed by atoms with E-state index in [2.05, 4.69) is 64.6 Å². The summed E-state index contributed by atoms with van der Waals surface area (Å²) in [5.74, 6) is 4.29. The number of aromatic nitrogens is 1. The number of phenols is 1. The van der Waals surface area contributed by atoms with Crippen LogP contribution >= 0.6 is 11.8 Å². The van der Waals surface area contributed by atoms with E-state index in [0.717, 1.165) is 47.8 Å². The van der Waals surface area contributed by atoms with Crippen LogP contribution in [0.25, 0.3) is 11.5 Å². The molecule has 1 aliphatic heterocycles. The van der Waals surface area contributed by atoms with Crippen LogP contribution in [-0.4, -0.2) is 46.2 Å². The average Bonchev–Trinajstić information content (AvgIpc) is 3.28. The minimum atomic E-state index is -0.205. The van der Waals surface area contributed by atoms with Gasteiger partial charge in [0, 0.05) is 59.8 Å². The lowest BCUT2D eigenvalue weighted by Crippen LogP contribution is -2.32. The molecule has 0 bridgehead atoms. The number of rotatable bonds is 7. The topological polar surface area (TPSA) is 58.7 Å². The predicted octanol–water partition coefficient (Wildman–Crippen LogP) is 6.81. The summed E-state index contributed by atoms with van der Waals surface area (Å²) in [5.41, 5.74) is 4.37. The highest BCUT2D eigenvalue weighted by atomic mass is 32.2. The number of hydrogen-bond acceptors (Lipinski definition) is 6. The SMILES string of the molecule is CC(C)(C)c1cc(-c2nc(CCOc3ccccc3CN3CCSCC3)co2)cc(C(C)(C)C)c1O. The molecule has 0 atom stereocenters. The van der Waals surface area contributed by atoms with Gasteiger partial charge in [-0.15, -0.1) is 0 Å². The molecule has 6 heteroatoms. The first kappa shape index (κ1) is 26.6. The molecule has 5 nitrogen and oxygen atoms in total. The number of nitrogens with zero attached hydrogens (tertiary/aromatic N) is 2. The number of oxazole rings is 1. The quantitative estimate of drug-likeness (QED) is 0.378. The van der Waals surface area contributed by atoms with E-state index in [1.54, 1.807) is 6.26 Å². The zero-order valence-corrected chi connectivity index (χ0v) is 23.4. The lowest BCUT2D eigenvalue weighted by molar-refractivity contribution is 0.277. The number of thioether (sulfide) groups is 1. The first-order chi connectivity index (χ1) is 17.0. The van der Waals surface area contributed by atoms with Crippen LogP contribution < -0.4 is 4.74 Å². The zero-order valence-electron chi connectivity index (χ0n) is 22.6. The Labute approximate surface area is 220 Å². The predicted molar refractivity (Wildman–Crippen MR) is 149 cm³/mol. The summed E-state index contributed by atoms with van der Waals surface area (Å²) in [6.07, 6.45) is 2.38.